The van der Waals surface area contributed by atoms with E-state index in [1.807, 2.05) is 0 Å². The molecule has 2 atom stereocenters. The lowest BCUT2D eigenvalue weighted by molar-refractivity contribution is 0.0582. The molecule has 0 heterocycles. The topological polar surface area (TPSA) is 75.4 Å². The van der Waals surface area contributed by atoms with Crippen LogP contribution >= 0.6 is 0 Å². The van der Waals surface area contributed by atoms with Gasteiger partial charge in [-0.15, -0.1) is 0 Å². The van der Waals surface area contributed by atoms with E-state index >= 15 is 0 Å². The fraction of sp³-hybridized carbons (Fsp3) is 0.259. The molecule has 1 saturated carbocycles. The predicted molar refractivity (Wildman–Crippen MR) is 127 cm³/mol. The minimum atomic E-state index is -0.827. The van der Waals surface area contributed by atoms with Crippen LogP contribution in [0.1, 0.15) is 52.0 Å². The minimum absolute atomic E-state index is 0.0824. The number of nitrogens with two attached hydrogens (primary N) is 1. The van der Waals surface area contributed by atoms with Crippen molar-refractivity contribution in [3.63, 3.8) is 0 Å². The Hall–Kier alpha value is -3.65. The van der Waals surface area contributed by atoms with Crippen LogP contribution in [-0.2, 0) is 6.54 Å². The maximum Gasteiger partial charge on any atom is 0.255 e. The predicted octanol–water partition coefficient (Wildman–Crippen LogP) is 5.27. The Kier molecular flexibility index (Phi) is 7.51. The van der Waals surface area contributed by atoms with Crippen LogP contribution in [0, 0.1) is 17.5 Å². The smallest absolute Gasteiger partial charge is 0.255 e. The lowest BCUT2D eigenvalue weighted by atomic mass is 9.89. The van der Waals surface area contributed by atoms with Crippen LogP contribution in [0.2, 0.25) is 0 Å². The number of rotatable bonds is 6. The second-order valence-electron chi connectivity index (χ2n) is 8.77. The summed E-state index contributed by atoms with van der Waals surface area (Å²) in [5.74, 6) is -3.00. The summed E-state index contributed by atoms with van der Waals surface area (Å²) in [5, 5.41) is 2.77. The van der Waals surface area contributed by atoms with Gasteiger partial charge in [0.05, 0.1) is 0 Å². The molecule has 3 aromatic carbocycles. The zero-order valence-electron chi connectivity index (χ0n) is 19.0. The van der Waals surface area contributed by atoms with Gasteiger partial charge in [-0.25, -0.2) is 13.2 Å². The van der Waals surface area contributed by atoms with E-state index in [1.54, 1.807) is 29.2 Å². The molecule has 0 spiro atoms. The molecule has 2 unspecified atom stereocenters. The highest BCUT2D eigenvalue weighted by Gasteiger charge is 2.32. The molecule has 1 fully saturated rings. The lowest BCUT2D eigenvalue weighted by Gasteiger charge is -2.38. The van der Waals surface area contributed by atoms with Gasteiger partial charge in [-0.2, -0.15) is 0 Å². The van der Waals surface area contributed by atoms with Crippen molar-refractivity contribution < 1.29 is 22.8 Å². The molecule has 0 bridgehead atoms. The molecule has 35 heavy (non-hydrogen) atoms. The number of anilines is 1. The molecular formula is C27H26F3N3O2. The molecule has 3 N–H and O–H groups in total. The molecule has 3 aromatic rings. The van der Waals surface area contributed by atoms with Crippen LogP contribution in [0.25, 0.3) is 0 Å². The van der Waals surface area contributed by atoms with Gasteiger partial charge in [0.1, 0.15) is 17.5 Å². The fourth-order valence-electron chi connectivity index (χ4n) is 4.46. The number of halogens is 3. The van der Waals surface area contributed by atoms with E-state index in [1.165, 1.54) is 24.3 Å². The largest absolute Gasteiger partial charge is 0.330 e. The molecule has 5 nitrogen and oxygen atoms in total. The van der Waals surface area contributed by atoms with Crippen LogP contribution in [0.4, 0.5) is 18.9 Å². The molecule has 182 valence electrons. The maximum atomic E-state index is 13.8. The van der Waals surface area contributed by atoms with Crippen molar-refractivity contribution in [2.24, 2.45) is 5.73 Å². The Morgan fingerprint density at radius 2 is 1.54 bits per heavy atom. The summed E-state index contributed by atoms with van der Waals surface area (Å²) in [7, 11) is 0. The quantitative estimate of drug-likeness (QED) is 0.504. The molecule has 0 radical (unpaired) electrons. The Morgan fingerprint density at radius 1 is 0.857 bits per heavy atom. The van der Waals surface area contributed by atoms with E-state index in [0.717, 1.165) is 37.5 Å². The average Bonchev–Trinajstić information content (AvgIpc) is 2.83. The molecular weight excluding hydrogens is 455 g/mol. The van der Waals surface area contributed by atoms with Crippen LogP contribution in [0.3, 0.4) is 0 Å². The lowest BCUT2D eigenvalue weighted by Crippen LogP contribution is -2.51. The average molecular weight is 482 g/mol. The van der Waals surface area contributed by atoms with Crippen molar-refractivity contribution in [2.75, 3.05) is 5.32 Å². The van der Waals surface area contributed by atoms with Gasteiger partial charge in [0.2, 0.25) is 0 Å². The second kappa shape index (κ2) is 10.7. The van der Waals surface area contributed by atoms with Crippen molar-refractivity contribution in [2.45, 2.75) is 44.3 Å². The summed E-state index contributed by atoms with van der Waals surface area (Å²) < 4.78 is 40.8. The highest BCUT2D eigenvalue weighted by molar-refractivity contribution is 6.04. The van der Waals surface area contributed by atoms with E-state index in [2.05, 4.69) is 5.32 Å². The normalized spacial score (nSPS) is 17.6. The highest BCUT2D eigenvalue weighted by atomic mass is 19.1. The van der Waals surface area contributed by atoms with Gasteiger partial charge in [-0.3, -0.25) is 9.59 Å². The van der Waals surface area contributed by atoms with E-state index in [0.29, 0.717) is 23.2 Å². The summed E-state index contributed by atoms with van der Waals surface area (Å²) in [6.07, 6.45) is 3.29. The zero-order chi connectivity index (χ0) is 24.9. The van der Waals surface area contributed by atoms with Crippen LogP contribution in [0.5, 0.6) is 0 Å². The third-order valence-corrected chi connectivity index (χ3v) is 6.20. The SMILES string of the molecule is NC1CCCCC1N(Cc1cccc(NC(=O)c2ccc(F)cc2)c1)C(=O)c1cc(F)cc(F)c1. The highest BCUT2D eigenvalue weighted by Crippen LogP contribution is 2.26. The Labute approximate surface area is 201 Å². The molecule has 1 aliphatic carbocycles. The van der Waals surface area contributed by atoms with Crippen LogP contribution in [-0.4, -0.2) is 28.8 Å². The van der Waals surface area contributed by atoms with Crippen LogP contribution in [0.15, 0.2) is 66.7 Å². The molecule has 4 rings (SSSR count). The van der Waals surface area contributed by atoms with Gasteiger partial charge in [0.25, 0.3) is 11.8 Å². The monoisotopic (exact) mass is 481 g/mol. The number of carbonyl (C=O) groups is 2. The number of carbonyl (C=O) groups excluding carboxylic acids is 2. The van der Waals surface area contributed by atoms with Crippen molar-refractivity contribution >= 4 is 17.5 Å². The van der Waals surface area contributed by atoms with E-state index in [9.17, 15) is 22.8 Å². The number of amides is 2. The first kappa shape index (κ1) is 24.5. The first-order valence-electron chi connectivity index (χ1n) is 11.5. The van der Waals surface area contributed by atoms with Gasteiger partial charge in [0.15, 0.2) is 0 Å². The molecule has 1 aliphatic rings. The second-order valence-corrected chi connectivity index (χ2v) is 8.77. The molecule has 0 aromatic heterocycles. The summed E-state index contributed by atoms with van der Waals surface area (Å²) >= 11 is 0. The van der Waals surface area contributed by atoms with Gasteiger partial charge in [-0.05, 0) is 66.9 Å². The van der Waals surface area contributed by atoms with Gasteiger partial charge in [0, 0.05) is 41.5 Å². The molecule has 0 aliphatic heterocycles. The number of nitrogens with one attached hydrogen (secondary N) is 1. The van der Waals surface area contributed by atoms with Crippen molar-refractivity contribution in [3.05, 3.63) is 101 Å². The van der Waals surface area contributed by atoms with Crippen molar-refractivity contribution in [1.29, 1.82) is 0 Å². The minimum Gasteiger partial charge on any atom is -0.330 e. The number of nitrogens with zero attached hydrogens (tertiary/aromatic N) is 1. The third-order valence-electron chi connectivity index (χ3n) is 6.20. The van der Waals surface area contributed by atoms with Gasteiger partial charge < -0.3 is 16.0 Å². The standard InChI is InChI=1S/C27H26F3N3O2/c28-20-10-8-18(9-11-20)26(34)32-23-5-3-4-17(12-23)16-33(25-7-2-1-6-24(25)31)27(35)19-13-21(29)15-22(30)14-19/h3-5,8-15,24-25H,1-2,6-7,16,31H2,(H,32,34). The molecule has 0 saturated heterocycles. The van der Waals surface area contributed by atoms with E-state index < -0.39 is 29.3 Å². The summed E-state index contributed by atoms with van der Waals surface area (Å²) in [4.78, 5) is 27.5. The van der Waals surface area contributed by atoms with E-state index in [-0.39, 0.29) is 24.2 Å². The Balaban J connectivity index is 1.58. The zero-order valence-corrected chi connectivity index (χ0v) is 19.0. The maximum absolute atomic E-state index is 13.8. The number of benzene rings is 3. The fourth-order valence-corrected chi connectivity index (χ4v) is 4.46. The van der Waals surface area contributed by atoms with Crippen molar-refractivity contribution in [3.8, 4) is 0 Å². The molecule has 2 amide bonds. The van der Waals surface area contributed by atoms with Gasteiger partial charge in [-0.1, -0.05) is 25.0 Å². The van der Waals surface area contributed by atoms with Crippen LogP contribution < -0.4 is 11.1 Å². The van der Waals surface area contributed by atoms with E-state index in [4.69, 9.17) is 5.73 Å². The van der Waals surface area contributed by atoms with Crippen molar-refractivity contribution in [1.82, 2.24) is 4.90 Å². The number of hydrogen-bond donors (Lipinski definition) is 2. The Morgan fingerprint density at radius 3 is 2.23 bits per heavy atom. The summed E-state index contributed by atoms with van der Waals surface area (Å²) in [5.41, 5.74) is 7.78. The number of hydrogen-bond acceptors (Lipinski definition) is 3. The van der Waals surface area contributed by atoms with Gasteiger partial charge >= 0.3 is 0 Å². The Bertz CT molecular complexity index is 1200. The summed E-state index contributed by atoms with van der Waals surface area (Å²) in [6.45, 7) is 0.148. The third kappa shape index (κ3) is 6.08. The molecule has 8 heteroatoms. The first-order valence-corrected chi connectivity index (χ1v) is 11.5. The first-order chi connectivity index (χ1) is 16.8. The summed E-state index contributed by atoms with van der Waals surface area (Å²) in [6, 6.07) is 14.4.